The number of hydrogen-bond acceptors (Lipinski definition) is 6. The lowest BCUT2D eigenvalue weighted by molar-refractivity contribution is 0.0697. The highest BCUT2D eigenvalue weighted by Gasteiger charge is 2.33. The minimum atomic E-state index is -3.44. The predicted molar refractivity (Wildman–Crippen MR) is 166 cm³/mol. The quantitative estimate of drug-likeness (QED) is 0.223. The smallest absolute Gasteiger partial charge is 0.335 e. The second-order valence-electron chi connectivity index (χ2n) is 10.8. The van der Waals surface area contributed by atoms with Gasteiger partial charge in [-0.15, -0.1) is 0 Å². The molecule has 9 heteroatoms. The summed E-state index contributed by atoms with van der Waals surface area (Å²) in [5, 5.41) is 10.5. The van der Waals surface area contributed by atoms with Crippen LogP contribution in [-0.2, 0) is 24.4 Å². The van der Waals surface area contributed by atoms with Crippen LogP contribution in [0.5, 0.6) is 0 Å². The second kappa shape index (κ2) is 10.5. The molecule has 0 radical (unpaired) electrons. The fourth-order valence-electron chi connectivity index (χ4n) is 4.88. The highest BCUT2D eigenvalue weighted by molar-refractivity contribution is 7.91. The Morgan fingerprint density at radius 1 is 0.714 bits per heavy atom. The van der Waals surface area contributed by atoms with Crippen molar-refractivity contribution in [2.24, 2.45) is 0 Å². The van der Waals surface area contributed by atoms with Crippen molar-refractivity contribution in [3.63, 3.8) is 0 Å². The fourth-order valence-corrected chi connectivity index (χ4v) is 6.05. The summed E-state index contributed by atoms with van der Waals surface area (Å²) in [6.07, 6.45) is 4.06. The molecule has 4 aromatic carbocycles. The van der Waals surface area contributed by atoms with Gasteiger partial charge in [0.1, 0.15) is 0 Å². The average Bonchev–Trinajstić information content (AvgIpc) is 2.95. The first-order valence-corrected chi connectivity index (χ1v) is 16.8. The number of hydrogen-bond donors (Lipinski definition) is 1. The lowest BCUT2D eigenvalue weighted by Gasteiger charge is -2.24. The lowest BCUT2D eigenvalue weighted by Crippen LogP contribution is -2.28. The van der Waals surface area contributed by atoms with Crippen molar-refractivity contribution in [2.75, 3.05) is 12.5 Å². The minimum absolute atomic E-state index is 0.1000. The van der Waals surface area contributed by atoms with Crippen LogP contribution in [0, 0.1) is 0 Å². The van der Waals surface area contributed by atoms with Crippen LogP contribution in [0.2, 0.25) is 0 Å². The van der Waals surface area contributed by atoms with Crippen molar-refractivity contribution in [2.45, 2.75) is 23.5 Å². The summed E-state index contributed by atoms with van der Waals surface area (Å²) in [6, 6.07) is 26.3. The molecule has 0 fully saturated rings. The van der Waals surface area contributed by atoms with E-state index in [-0.39, 0.29) is 10.5 Å². The molecule has 0 spiro atoms. The number of carboxylic acid groups (broad SMARTS) is 1. The molecule has 1 N–H and O–H groups in total. The van der Waals surface area contributed by atoms with Crippen molar-refractivity contribution in [3.05, 3.63) is 108 Å². The zero-order chi connectivity index (χ0) is 30.4. The number of fused-ring (bicyclic) bond motifs is 1. The van der Waals surface area contributed by atoms with E-state index in [9.17, 15) is 26.7 Å². The van der Waals surface area contributed by atoms with Gasteiger partial charge in [-0.05, 0) is 95.8 Å². The van der Waals surface area contributed by atoms with E-state index in [1.54, 1.807) is 44.3 Å². The zero-order valence-electron chi connectivity index (χ0n) is 23.5. The van der Waals surface area contributed by atoms with Crippen molar-refractivity contribution >= 4 is 36.5 Å². The number of nitrogens with zero attached hydrogens (tertiary/aromatic N) is 1. The van der Waals surface area contributed by atoms with Gasteiger partial charge in [-0.2, -0.15) is 0 Å². The molecule has 0 amide bonds. The molecule has 0 unspecified atom stereocenters. The highest BCUT2D eigenvalue weighted by Crippen LogP contribution is 2.39. The van der Waals surface area contributed by atoms with Crippen LogP contribution in [0.4, 0.5) is 0 Å². The van der Waals surface area contributed by atoms with Crippen molar-refractivity contribution in [3.8, 4) is 33.4 Å². The van der Waals surface area contributed by atoms with Gasteiger partial charge in [-0.25, -0.2) is 21.6 Å². The first kappa shape index (κ1) is 29.2. The minimum Gasteiger partial charge on any atom is -0.478 e. The molecule has 5 aromatic rings. The summed E-state index contributed by atoms with van der Waals surface area (Å²) in [4.78, 5) is 16.6. The molecule has 0 bridgehead atoms. The van der Waals surface area contributed by atoms with Gasteiger partial charge < -0.3 is 5.11 Å². The number of pyridine rings is 1. The van der Waals surface area contributed by atoms with Gasteiger partial charge in [-0.3, -0.25) is 4.98 Å². The maximum absolute atomic E-state index is 12.7. The zero-order valence-corrected chi connectivity index (χ0v) is 25.1. The van der Waals surface area contributed by atoms with E-state index in [2.05, 4.69) is 4.98 Å². The van der Waals surface area contributed by atoms with Gasteiger partial charge in [0.2, 0.25) is 0 Å². The molecule has 0 aliphatic heterocycles. The van der Waals surface area contributed by atoms with Gasteiger partial charge in [0, 0.05) is 29.7 Å². The van der Waals surface area contributed by atoms with Gasteiger partial charge in [-0.1, -0.05) is 42.5 Å². The lowest BCUT2D eigenvalue weighted by atomic mass is 9.89. The van der Waals surface area contributed by atoms with Crippen LogP contribution in [0.3, 0.4) is 0 Å². The molecular weight excluding hydrogens is 570 g/mol. The van der Waals surface area contributed by atoms with E-state index < -0.39 is 30.4 Å². The van der Waals surface area contributed by atoms with E-state index in [1.807, 2.05) is 48.5 Å². The Balaban J connectivity index is 1.72. The summed E-state index contributed by atoms with van der Waals surface area (Å²) in [5.74, 6) is -1.08. The fraction of sp³-hybridized carbons (Fsp3) is 0.152. The normalized spacial score (nSPS) is 12.4. The summed E-state index contributed by atoms with van der Waals surface area (Å²) >= 11 is 0. The number of aromatic carboxylic acids is 1. The molecular formula is C33H29NO6S2. The Hall–Kier alpha value is -4.34. The number of rotatable bonds is 7. The number of carboxylic acids is 1. The molecule has 1 heterocycles. The standard InChI is InChI=1S/C33H29NO6S2/c1-33(2,42(4,39)40)26-18-24-9-6-16-34-31(24)30(20-26)23-8-5-7-22(17-23)28-15-12-25(32(35)36)19-29(28)21-10-13-27(14-11-21)41(3,37)38/h5-20H,1-4H3,(H,35,36). The number of sulfone groups is 2. The molecule has 0 aliphatic carbocycles. The Labute approximate surface area is 245 Å². The van der Waals surface area contributed by atoms with E-state index in [1.165, 1.54) is 24.5 Å². The number of aromatic nitrogens is 1. The first-order valence-electron chi connectivity index (χ1n) is 13.0. The predicted octanol–water partition coefficient (Wildman–Crippen LogP) is 6.62. The number of benzene rings is 4. The Kier molecular flexibility index (Phi) is 7.28. The summed E-state index contributed by atoms with van der Waals surface area (Å²) in [6.45, 7) is 3.37. The third-order valence-corrected chi connectivity index (χ3v) is 10.9. The van der Waals surface area contributed by atoms with Crippen LogP contribution in [0.1, 0.15) is 29.8 Å². The van der Waals surface area contributed by atoms with Crippen LogP contribution in [0.25, 0.3) is 44.3 Å². The average molecular weight is 600 g/mol. The first-order chi connectivity index (χ1) is 19.7. The van der Waals surface area contributed by atoms with Gasteiger partial charge in [0.05, 0.1) is 20.7 Å². The Morgan fingerprint density at radius 3 is 2.00 bits per heavy atom. The maximum Gasteiger partial charge on any atom is 0.335 e. The van der Waals surface area contributed by atoms with Gasteiger partial charge in [0.15, 0.2) is 19.7 Å². The molecule has 1 aromatic heterocycles. The summed E-state index contributed by atoms with van der Waals surface area (Å²) in [5.41, 5.74) is 5.87. The van der Waals surface area contributed by atoms with Crippen LogP contribution >= 0.6 is 0 Å². The third-order valence-electron chi connectivity index (χ3n) is 7.67. The van der Waals surface area contributed by atoms with Crippen molar-refractivity contribution in [1.82, 2.24) is 4.98 Å². The van der Waals surface area contributed by atoms with E-state index >= 15 is 0 Å². The SMILES string of the molecule is CC(C)(c1cc(-c2cccc(-c3ccc(C(=O)O)cc3-c3ccc(S(C)(=O)=O)cc3)c2)c2ncccc2c1)S(C)(=O)=O. The van der Waals surface area contributed by atoms with Gasteiger partial charge >= 0.3 is 5.97 Å². The van der Waals surface area contributed by atoms with Crippen LogP contribution in [0.15, 0.2) is 102 Å². The Morgan fingerprint density at radius 2 is 1.38 bits per heavy atom. The molecule has 214 valence electrons. The van der Waals surface area contributed by atoms with Gasteiger partial charge in [0.25, 0.3) is 0 Å². The highest BCUT2D eigenvalue weighted by atomic mass is 32.2. The van der Waals surface area contributed by atoms with Crippen LogP contribution < -0.4 is 0 Å². The molecule has 42 heavy (non-hydrogen) atoms. The summed E-state index contributed by atoms with van der Waals surface area (Å²) in [7, 11) is -6.84. The van der Waals surface area contributed by atoms with Crippen molar-refractivity contribution in [1.29, 1.82) is 0 Å². The van der Waals surface area contributed by atoms with Crippen LogP contribution in [-0.4, -0.2) is 45.4 Å². The molecule has 0 saturated carbocycles. The summed E-state index contributed by atoms with van der Waals surface area (Å²) < 4.78 is 48.3. The van der Waals surface area contributed by atoms with E-state index in [0.717, 1.165) is 39.4 Å². The molecule has 0 saturated heterocycles. The number of carbonyl (C=O) groups is 1. The largest absolute Gasteiger partial charge is 0.478 e. The Bertz CT molecular complexity index is 2080. The molecule has 0 aliphatic rings. The molecule has 0 atom stereocenters. The molecule has 7 nitrogen and oxygen atoms in total. The second-order valence-corrected chi connectivity index (χ2v) is 15.4. The third kappa shape index (κ3) is 5.45. The molecule has 5 rings (SSSR count). The topological polar surface area (TPSA) is 118 Å². The van der Waals surface area contributed by atoms with Crippen molar-refractivity contribution < 1.29 is 26.7 Å². The van der Waals surface area contributed by atoms with E-state index in [0.29, 0.717) is 16.7 Å². The monoisotopic (exact) mass is 599 g/mol. The maximum atomic E-state index is 12.7. The van der Waals surface area contributed by atoms with E-state index in [4.69, 9.17) is 0 Å².